The zero-order valence-corrected chi connectivity index (χ0v) is 19.6. The Balaban J connectivity index is 1.54. The number of amides is 3. The number of hydrogen-bond donors (Lipinski definition) is 2. The Hall–Kier alpha value is -3.93. The first kappa shape index (κ1) is 24.2. The summed E-state index contributed by atoms with van der Waals surface area (Å²) in [6, 6.07) is 16.1. The van der Waals surface area contributed by atoms with Crippen LogP contribution in [0.25, 0.3) is 0 Å². The second kappa shape index (κ2) is 9.37. The fraction of sp³-hybridized carbons (Fsp3) is 0.385. The fourth-order valence-electron chi connectivity index (χ4n) is 4.78. The maximum absolute atomic E-state index is 14.6. The van der Waals surface area contributed by atoms with E-state index in [-0.39, 0.29) is 31.9 Å². The molecule has 9 heteroatoms. The summed E-state index contributed by atoms with van der Waals surface area (Å²) in [5.41, 5.74) is -0.737. The van der Waals surface area contributed by atoms with Crippen LogP contribution in [0.3, 0.4) is 0 Å². The molecule has 4 rings (SSSR count). The number of nitrogens with zero attached hydrogens (tertiary/aromatic N) is 2. The van der Waals surface area contributed by atoms with Crippen LogP contribution in [0, 0.1) is 11.3 Å². The number of likely N-dealkylation sites (tertiary alicyclic amines) is 1. The van der Waals surface area contributed by atoms with Crippen LogP contribution in [-0.2, 0) is 26.3 Å². The molecule has 0 radical (unpaired) electrons. The predicted octanol–water partition coefficient (Wildman–Crippen LogP) is 3.43. The number of halogens is 1. The van der Waals surface area contributed by atoms with Crippen molar-refractivity contribution >= 4 is 23.6 Å². The average molecular weight is 479 g/mol. The molecule has 1 spiro atoms. The highest BCUT2D eigenvalue weighted by Gasteiger charge is 2.56. The van der Waals surface area contributed by atoms with Crippen molar-refractivity contribution in [1.29, 1.82) is 5.26 Å². The Morgan fingerprint density at radius 3 is 2.63 bits per heavy atom. The van der Waals surface area contributed by atoms with Gasteiger partial charge in [-0.1, -0.05) is 48.5 Å². The summed E-state index contributed by atoms with van der Waals surface area (Å²) in [4.78, 5) is 40.3. The van der Waals surface area contributed by atoms with Crippen LogP contribution in [0.2, 0.25) is 0 Å². The highest BCUT2D eigenvalue weighted by atomic mass is 19.1. The molecule has 182 valence electrons. The van der Waals surface area contributed by atoms with E-state index >= 15 is 0 Å². The molecule has 2 unspecified atom stereocenters. The molecule has 2 aliphatic rings. The van der Waals surface area contributed by atoms with Gasteiger partial charge in [-0.25, -0.2) is 9.18 Å². The topological polar surface area (TPSA) is 112 Å². The van der Waals surface area contributed by atoms with Gasteiger partial charge in [-0.3, -0.25) is 9.59 Å². The molecule has 0 aromatic heterocycles. The lowest BCUT2D eigenvalue weighted by Crippen LogP contribution is -2.52. The Kier molecular flexibility index (Phi) is 6.48. The van der Waals surface area contributed by atoms with Crippen molar-refractivity contribution in [2.24, 2.45) is 0 Å². The maximum atomic E-state index is 14.6. The molecule has 2 heterocycles. The van der Waals surface area contributed by atoms with Crippen molar-refractivity contribution < 1.29 is 23.5 Å². The molecule has 3 atom stereocenters. The van der Waals surface area contributed by atoms with Crippen molar-refractivity contribution in [3.63, 3.8) is 0 Å². The summed E-state index contributed by atoms with van der Waals surface area (Å²) in [5, 5.41) is 15.1. The number of hydrogen-bond acceptors (Lipinski definition) is 5. The van der Waals surface area contributed by atoms with E-state index in [0.29, 0.717) is 5.69 Å². The maximum Gasteiger partial charge on any atom is 0.408 e. The minimum atomic E-state index is -1.79. The van der Waals surface area contributed by atoms with Crippen molar-refractivity contribution in [1.82, 2.24) is 10.2 Å². The van der Waals surface area contributed by atoms with Crippen LogP contribution < -0.4 is 10.6 Å². The van der Waals surface area contributed by atoms with E-state index in [0.717, 1.165) is 11.1 Å². The number of anilines is 1. The zero-order valence-electron chi connectivity index (χ0n) is 19.6. The van der Waals surface area contributed by atoms with E-state index in [1.54, 1.807) is 48.5 Å². The van der Waals surface area contributed by atoms with Crippen LogP contribution >= 0.6 is 0 Å². The first-order valence-corrected chi connectivity index (χ1v) is 11.4. The van der Waals surface area contributed by atoms with Crippen molar-refractivity contribution in [3.05, 3.63) is 65.7 Å². The number of rotatable bonds is 6. The van der Waals surface area contributed by atoms with Gasteiger partial charge in [0.2, 0.25) is 11.8 Å². The van der Waals surface area contributed by atoms with Gasteiger partial charge in [-0.05, 0) is 31.0 Å². The monoisotopic (exact) mass is 478 g/mol. The first-order chi connectivity index (χ1) is 16.6. The lowest BCUT2D eigenvalue weighted by atomic mass is 9.80. The van der Waals surface area contributed by atoms with Crippen LogP contribution in [0.4, 0.5) is 14.9 Å². The lowest BCUT2D eigenvalue weighted by molar-refractivity contribution is -0.134. The number of alkyl carbamates (subject to hydrolysis) is 1. The SMILES string of the molecule is CC(C)(F)CC(NC(=O)OCc1ccccc1)C(=O)N1CC2(C[C@H]1C#N)C(=O)Nc1ccccc12. The summed E-state index contributed by atoms with van der Waals surface area (Å²) in [6.45, 7) is 2.55. The summed E-state index contributed by atoms with van der Waals surface area (Å²) in [5.74, 6) is -0.917. The van der Waals surface area contributed by atoms with Crippen molar-refractivity contribution in [2.75, 3.05) is 11.9 Å². The largest absolute Gasteiger partial charge is 0.445 e. The second-order valence-corrected chi connectivity index (χ2v) is 9.58. The van der Waals surface area contributed by atoms with E-state index in [2.05, 4.69) is 16.7 Å². The predicted molar refractivity (Wildman–Crippen MR) is 126 cm³/mol. The molecule has 0 aliphatic carbocycles. The van der Waals surface area contributed by atoms with Gasteiger partial charge in [0.1, 0.15) is 24.4 Å². The molecule has 0 saturated carbocycles. The molecule has 2 aromatic carbocycles. The minimum absolute atomic E-state index is 0.0167. The van der Waals surface area contributed by atoms with Crippen LogP contribution in [0.5, 0.6) is 0 Å². The van der Waals surface area contributed by atoms with Gasteiger partial charge in [0, 0.05) is 25.1 Å². The van der Waals surface area contributed by atoms with Crippen molar-refractivity contribution in [3.8, 4) is 6.07 Å². The second-order valence-electron chi connectivity index (χ2n) is 9.58. The molecule has 1 fully saturated rings. The van der Waals surface area contributed by atoms with E-state index in [4.69, 9.17) is 4.74 Å². The number of fused-ring (bicyclic) bond motifs is 2. The normalized spacial score (nSPS) is 21.7. The molecular weight excluding hydrogens is 451 g/mol. The van der Waals surface area contributed by atoms with Gasteiger partial charge >= 0.3 is 6.09 Å². The van der Waals surface area contributed by atoms with Gasteiger partial charge in [-0.2, -0.15) is 5.26 Å². The third-order valence-electron chi connectivity index (χ3n) is 6.41. The summed E-state index contributed by atoms with van der Waals surface area (Å²) >= 11 is 0. The molecule has 2 aromatic rings. The molecule has 8 nitrogen and oxygen atoms in total. The summed E-state index contributed by atoms with van der Waals surface area (Å²) in [7, 11) is 0. The number of nitrogens with one attached hydrogen (secondary N) is 2. The van der Waals surface area contributed by atoms with E-state index in [1.165, 1.54) is 18.7 Å². The molecule has 2 N–H and O–H groups in total. The van der Waals surface area contributed by atoms with Gasteiger partial charge in [0.05, 0.1) is 11.5 Å². The Morgan fingerprint density at radius 1 is 1.26 bits per heavy atom. The number of nitriles is 1. The molecule has 0 bridgehead atoms. The molecule has 2 aliphatic heterocycles. The van der Waals surface area contributed by atoms with Gasteiger partial charge in [0.15, 0.2) is 0 Å². The number of ether oxygens (including phenoxy) is 1. The number of alkyl halides is 1. The number of benzene rings is 2. The standard InChI is InChI=1S/C26H27FN4O4/c1-25(2,27)13-21(30-24(34)35-15-17-8-4-3-5-9-17)22(32)31-16-26(12-18(31)14-28)19-10-6-7-11-20(19)29-23(26)33/h3-11,18,21H,12-13,15-16H2,1-2H3,(H,29,33)(H,30,34)/t18-,21?,26?/m0/s1. The van der Waals surface area contributed by atoms with Gasteiger partial charge in [-0.15, -0.1) is 0 Å². The number of para-hydroxylation sites is 1. The minimum Gasteiger partial charge on any atom is -0.445 e. The van der Waals surface area contributed by atoms with Crippen LogP contribution in [0.1, 0.15) is 37.8 Å². The van der Waals surface area contributed by atoms with Gasteiger partial charge in [0.25, 0.3) is 0 Å². The Bertz CT molecular complexity index is 1170. The molecule has 3 amide bonds. The summed E-state index contributed by atoms with van der Waals surface area (Å²) in [6.07, 6.45) is -1.08. The molecule has 1 saturated heterocycles. The summed E-state index contributed by atoms with van der Waals surface area (Å²) < 4.78 is 19.9. The molecular formula is C26H27FN4O4. The quantitative estimate of drug-likeness (QED) is 0.661. The third-order valence-corrected chi connectivity index (χ3v) is 6.41. The zero-order chi connectivity index (χ0) is 25.2. The highest BCUT2D eigenvalue weighted by molar-refractivity contribution is 6.07. The van der Waals surface area contributed by atoms with Crippen LogP contribution in [0.15, 0.2) is 54.6 Å². The average Bonchev–Trinajstić information content (AvgIpc) is 3.35. The van der Waals surface area contributed by atoms with E-state index < -0.39 is 35.2 Å². The lowest BCUT2D eigenvalue weighted by Gasteiger charge is -2.29. The first-order valence-electron chi connectivity index (χ1n) is 11.4. The smallest absolute Gasteiger partial charge is 0.408 e. The van der Waals surface area contributed by atoms with Gasteiger partial charge < -0.3 is 20.3 Å². The Morgan fingerprint density at radius 2 is 1.94 bits per heavy atom. The van der Waals surface area contributed by atoms with Crippen LogP contribution in [-0.4, -0.2) is 47.1 Å². The van der Waals surface area contributed by atoms with E-state index in [1.807, 2.05) is 6.07 Å². The fourth-order valence-corrected chi connectivity index (χ4v) is 4.78. The highest BCUT2D eigenvalue weighted by Crippen LogP contribution is 2.46. The van der Waals surface area contributed by atoms with Crippen molar-refractivity contribution in [2.45, 2.75) is 56.5 Å². The van der Waals surface area contributed by atoms with E-state index in [9.17, 15) is 24.0 Å². The number of carbonyl (C=O) groups excluding carboxylic acids is 3. The Labute approximate surface area is 203 Å². The molecule has 35 heavy (non-hydrogen) atoms. The number of carbonyl (C=O) groups is 3. The third kappa shape index (κ3) is 4.97.